The van der Waals surface area contributed by atoms with Gasteiger partial charge in [0.1, 0.15) is 22.6 Å². The smallest absolute Gasteiger partial charge is 0.408 e. The third-order valence-electron chi connectivity index (χ3n) is 3.50. The number of hydrogen-bond acceptors (Lipinski definition) is 8. The summed E-state index contributed by atoms with van der Waals surface area (Å²) in [6.07, 6.45) is 1.09. The number of carbonyl (C=O) groups is 1. The molecule has 8 nitrogen and oxygen atoms in total. The Morgan fingerprint density at radius 2 is 1.92 bits per heavy atom. The molecule has 2 heterocycles. The topological polar surface area (TPSA) is 130 Å². The van der Waals surface area contributed by atoms with E-state index in [9.17, 15) is 18.0 Å². The number of carbonyl (C=O) groups excluding carboxylic acids is 1. The highest BCUT2D eigenvalue weighted by Crippen LogP contribution is 2.42. The Bertz CT molecular complexity index is 896. The molecule has 0 bridgehead atoms. The van der Waals surface area contributed by atoms with E-state index >= 15 is 0 Å². The van der Waals surface area contributed by atoms with E-state index in [2.05, 4.69) is 24.9 Å². The van der Waals surface area contributed by atoms with Gasteiger partial charge >= 0.3 is 6.36 Å². The SMILES string of the molecule is NC(=O)C1=CC=C(OC(F)(F)F)C(N)(c2nnc(-c3cncnc3)s2)C1. The lowest BCUT2D eigenvalue weighted by atomic mass is 9.85. The fourth-order valence-corrected chi connectivity index (χ4v) is 3.23. The lowest BCUT2D eigenvalue weighted by Gasteiger charge is -2.32. The molecule has 1 atom stereocenters. The summed E-state index contributed by atoms with van der Waals surface area (Å²) in [5.41, 5.74) is 10.1. The second-order valence-electron chi connectivity index (χ2n) is 5.32. The van der Waals surface area contributed by atoms with Crippen molar-refractivity contribution in [3.05, 3.63) is 47.2 Å². The standard InChI is InChI=1S/C14H11F3N6O2S/c15-14(16,17)25-9-2-1-7(10(18)24)3-13(9,19)12-23-22-11(26-12)8-4-20-6-21-5-8/h1-2,4-6H,3,19H2,(H2,18,24). The zero-order chi connectivity index (χ0) is 18.9. The van der Waals surface area contributed by atoms with Gasteiger partial charge in [-0.15, -0.1) is 23.4 Å². The zero-order valence-corrected chi connectivity index (χ0v) is 13.7. The largest absolute Gasteiger partial charge is 0.572 e. The van der Waals surface area contributed by atoms with Gasteiger partial charge < -0.3 is 16.2 Å². The number of primary amides is 1. The lowest BCUT2D eigenvalue weighted by Crippen LogP contribution is -2.44. The maximum Gasteiger partial charge on any atom is 0.572 e. The first-order valence-electron chi connectivity index (χ1n) is 7.04. The first kappa shape index (κ1) is 17.9. The Morgan fingerprint density at radius 3 is 2.54 bits per heavy atom. The third-order valence-corrected chi connectivity index (χ3v) is 4.65. The number of ether oxygens (including phenoxy) is 1. The first-order chi connectivity index (χ1) is 12.2. The third kappa shape index (κ3) is 3.55. The van der Waals surface area contributed by atoms with Crippen molar-refractivity contribution >= 4 is 17.2 Å². The van der Waals surface area contributed by atoms with Crippen LogP contribution in [0.2, 0.25) is 0 Å². The number of aromatic nitrogens is 4. The Kier molecular flexibility index (Phi) is 4.46. The molecule has 3 rings (SSSR count). The van der Waals surface area contributed by atoms with Crippen LogP contribution in [0, 0.1) is 0 Å². The monoisotopic (exact) mass is 384 g/mol. The van der Waals surface area contributed by atoms with E-state index in [4.69, 9.17) is 11.5 Å². The van der Waals surface area contributed by atoms with E-state index in [-0.39, 0.29) is 17.0 Å². The summed E-state index contributed by atoms with van der Waals surface area (Å²) >= 11 is 0.940. The van der Waals surface area contributed by atoms with Crippen molar-refractivity contribution in [1.82, 2.24) is 20.2 Å². The van der Waals surface area contributed by atoms with E-state index in [1.165, 1.54) is 18.7 Å². The molecule has 0 aromatic carbocycles. The van der Waals surface area contributed by atoms with Gasteiger partial charge in [-0.25, -0.2) is 9.97 Å². The number of nitrogens with zero attached hydrogens (tertiary/aromatic N) is 4. The number of rotatable bonds is 4. The fourth-order valence-electron chi connectivity index (χ4n) is 2.30. The summed E-state index contributed by atoms with van der Waals surface area (Å²) in [7, 11) is 0. The molecule has 0 saturated carbocycles. The van der Waals surface area contributed by atoms with Crippen LogP contribution in [0.25, 0.3) is 10.6 Å². The molecule has 1 aliphatic rings. The molecule has 0 spiro atoms. The van der Waals surface area contributed by atoms with Crippen molar-refractivity contribution < 1.29 is 22.7 Å². The van der Waals surface area contributed by atoms with Crippen LogP contribution in [-0.4, -0.2) is 32.4 Å². The van der Waals surface area contributed by atoms with Gasteiger partial charge in [-0.3, -0.25) is 4.79 Å². The summed E-state index contributed by atoms with van der Waals surface area (Å²) < 4.78 is 42.3. The minimum Gasteiger partial charge on any atom is -0.408 e. The predicted molar refractivity (Wildman–Crippen MR) is 83.9 cm³/mol. The quantitative estimate of drug-likeness (QED) is 0.814. The molecule has 4 N–H and O–H groups in total. The van der Waals surface area contributed by atoms with Crippen LogP contribution in [0.4, 0.5) is 13.2 Å². The number of hydrogen-bond donors (Lipinski definition) is 2. The van der Waals surface area contributed by atoms with Crippen molar-refractivity contribution in [2.75, 3.05) is 0 Å². The average molecular weight is 384 g/mol. The summed E-state index contributed by atoms with van der Waals surface area (Å²) in [6, 6.07) is 0. The molecule has 2 aromatic heterocycles. The molecule has 0 fully saturated rings. The highest BCUT2D eigenvalue weighted by Gasteiger charge is 2.46. The second-order valence-corrected chi connectivity index (χ2v) is 6.30. The van der Waals surface area contributed by atoms with Crippen molar-refractivity contribution in [2.45, 2.75) is 18.3 Å². The van der Waals surface area contributed by atoms with Crippen LogP contribution >= 0.6 is 11.3 Å². The lowest BCUT2D eigenvalue weighted by molar-refractivity contribution is -0.310. The Morgan fingerprint density at radius 1 is 1.23 bits per heavy atom. The number of halogens is 3. The zero-order valence-electron chi connectivity index (χ0n) is 12.9. The van der Waals surface area contributed by atoms with E-state index < -0.39 is 23.6 Å². The molecular weight excluding hydrogens is 373 g/mol. The highest BCUT2D eigenvalue weighted by molar-refractivity contribution is 7.14. The molecule has 0 radical (unpaired) electrons. The Labute approximate surface area is 148 Å². The molecule has 2 aromatic rings. The van der Waals surface area contributed by atoms with Crippen LogP contribution in [0.3, 0.4) is 0 Å². The van der Waals surface area contributed by atoms with Crippen LogP contribution in [0.15, 0.2) is 42.2 Å². The number of allylic oxidation sites excluding steroid dienone is 2. The van der Waals surface area contributed by atoms with Gasteiger partial charge in [0.05, 0.1) is 0 Å². The van der Waals surface area contributed by atoms with Gasteiger partial charge in [-0.05, 0) is 6.08 Å². The van der Waals surface area contributed by atoms with Crippen molar-refractivity contribution in [2.24, 2.45) is 11.5 Å². The Hall–Kier alpha value is -2.86. The molecule has 1 unspecified atom stereocenters. The van der Waals surface area contributed by atoms with E-state index in [0.717, 1.165) is 23.5 Å². The molecular formula is C14H11F3N6O2S. The van der Waals surface area contributed by atoms with Crippen LogP contribution in [0.5, 0.6) is 0 Å². The van der Waals surface area contributed by atoms with E-state index in [1.807, 2.05) is 0 Å². The summed E-state index contributed by atoms with van der Waals surface area (Å²) in [5, 5.41) is 8.18. The van der Waals surface area contributed by atoms with Crippen LogP contribution in [-0.2, 0) is 15.1 Å². The van der Waals surface area contributed by atoms with Crippen molar-refractivity contribution in [1.29, 1.82) is 0 Å². The molecule has 0 aliphatic heterocycles. The van der Waals surface area contributed by atoms with Crippen LogP contribution in [0.1, 0.15) is 11.4 Å². The maximum absolute atomic E-state index is 12.7. The molecule has 12 heteroatoms. The van der Waals surface area contributed by atoms with Gasteiger partial charge in [0.25, 0.3) is 0 Å². The molecule has 0 saturated heterocycles. The molecule has 1 aliphatic carbocycles. The van der Waals surface area contributed by atoms with Gasteiger partial charge in [0.2, 0.25) is 5.91 Å². The minimum absolute atomic E-state index is 0.0266. The molecule has 26 heavy (non-hydrogen) atoms. The fraction of sp³-hybridized carbons (Fsp3) is 0.214. The summed E-state index contributed by atoms with van der Waals surface area (Å²) in [6.45, 7) is 0. The predicted octanol–water partition coefficient (Wildman–Crippen LogP) is 1.38. The summed E-state index contributed by atoms with van der Waals surface area (Å²) in [5.74, 6) is -1.41. The van der Waals surface area contributed by atoms with E-state index in [1.54, 1.807) is 0 Å². The average Bonchev–Trinajstić information content (AvgIpc) is 3.07. The van der Waals surface area contributed by atoms with Crippen molar-refractivity contribution in [3.8, 4) is 10.6 Å². The Balaban J connectivity index is 2.02. The number of amides is 1. The molecule has 1 amide bonds. The first-order valence-corrected chi connectivity index (χ1v) is 7.86. The minimum atomic E-state index is -4.96. The second kappa shape index (κ2) is 6.46. The maximum atomic E-state index is 12.7. The van der Waals surface area contributed by atoms with Crippen molar-refractivity contribution in [3.63, 3.8) is 0 Å². The highest BCUT2D eigenvalue weighted by atomic mass is 32.1. The van der Waals surface area contributed by atoms with Gasteiger partial charge in [0.15, 0.2) is 5.01 Å². The number of alkyl halides is 3. The molecule has 136 valence electrons. The normalized spacial score (nSPS) is 20.3. The van der Waals surface area contributed by atoms with Gasteiger partial charge in [0, 0.05) is 30.0 Å². The summed E-state index contributed by atoms with van der Waals surface area (Å²) in [4.78, 5) is 19.1. The van der Waals surface area contributed by atoms with Gasteiger partial charge in [-0.1, -0.05) is 17.4 Å². The van der Waals surface area contributed by atoms with Gasteiger partial charge in [-0.2, -0.15) is 0 Å². The number of nitrogens with two attached hydrogens (primary N) is 2. The van der Waals surface area contributed by atoms with Crippen LogP contribution < -0.4 is 11.5 Å². The van der Waals surface area contributed by atoms with E-state index in [0.29, 0.717) is 10.6 Å².